The average molecular weight is 311 g/mol. The summed E-state index contributed by atoms with van der Waals surface area (Å²) in [6.45, 7) is 4.35. The van der Waals surface area contributed by atoms with Gasteiger partial charge in [-0.2, -0.15) is 0 Å². The Bertz CT molecular complexity index is 828. The first kappa shape index (κ1) is 15.0. The van der Waals surface area contributed by atoms with Gasteiger partial charge in [0.05, 0.1) is 6.61 Å². The van der Waals surface area contributed by atoms with E-state index in [-0.39, 0.29) is 5.69 Å². The van der Waals surface area contributed by atoms with Crippen molar-refractivity contribution in [3.8, 4) is 5.88 Å². The summed E-state index contributed by atoms with van der Waals surface area (Å²) >= 11 is 0. The molecule has 0 aliphatic rings. The summed E-state index contributed by atoms with van der Waals surface area (Å²) in [5, 5.41) is 4.35. The Labute approximate surface area is 133 Å². The van der Waals surface area contributed by atoms with Crippen LogP contribution in [0.5, 0.6) is 5.88 Å². The van der Waals surface area contributed by atoms with Crippen molar-refractivity contribution in [1.29, 1.82) is 0 Å². The van der Waals surface area contributed by atoms with Gasteiger partial charge in [0, 0.05) is 11.8 Å². The molecule has 23 heavy (non-hydrogen) atoms. The molecule has 0 spiro atoms. The van der Waals surface area contributed by atoms with E-state index in [2.05, 4.69) is 10.1 Å². The van der Waals surface area contributed by atoms with Gasteiger partial charge in [0.1, 0.15) is 6.61 Å². The van der Waals surface area contributed by atoms with Crippen molar-refractivity contribution in [1.82, 2.24) is 14.6 Å². The number of hydrogen-bond donors (Lipinski definition) is 0. The second-order valence-corrected chi connectivity index (χ2v) is 5.03. The summed E-state index contributed by atoms with van der Waals surface area (Å²) in [5.74, 6) is 0.0246. The predicted molar refractivity (Wildman–Crippen MR) is 84.5 cm³/mol. The monoisotopic (exact) mass is 311 g/mol. The molecular formula is C17H17N3O3. The van der Waals surface area contributed by atoms with E-state index < -0.39 is 5.97 Å². The fourth-order valence-corrected chi connectivity index (χ4v) is 2.22. The van der Waals surface area contributed by atoms with Crippen LogP contribution in [0.4, 0.5) is 0 Å². The first-order valence-electron chi connectivity index (χ1n) is 7.38. The van der Waals surface area contributed by atoms with E-state index in [1.54, 1.807) is 23.6 Å². The Morgan fingerprint density at radius 1 is 1.22 bits per heavy atom. The van der Waals surface area contributed by atoms with Gasteiger partial charge < -0.3 is 9.47 Å². The van der Waals surface area contributed by atoms with Crippen molar-refractivity contribution in [2.45, 2.75) is 20.5 Å². The molecule has 0 aliphatic carbocycles. The molecule has 0 aliphatic heterocycles. The van der Waals surface area contributed by atoms with E-state index in [1.807, 2.05) is 37.3 Å². The largest absolute Gasteiger partial charge is 0.472 e. The van der Waals surface area contributed by atoms with Crippen LogP contribution in [0.15, 0.2) is 42.5 Å². The number of ether oxygens (including phenoxy) is 2. The number of aromatic nitrogens is 3. The maximum atomic E-state index is 11.8. The maximum Gasteiger partial charge on any atom is 0.357 e. The summed E-state index contributed by atoms with van der Waals surface area (Å²) < 4.78 is 12.3. The standard InChI is InChI=1S/C17H17N3O3/c1-3-22-17(21)14-9-12(2)20-15(18-14)10-16(19-20)23-11-13-7-5-4-6-8-13/h4-10H,3,11H2,1-2H3. The molecule has 0 saturated heterocycles. The van der Waals surface area contributed by atoms with E-state index in [9.17, 15) is 4.79 Å². The van der Waals surface area contributed by atoms with E-state index in [0.717, 1.165) is 11.3 Å². The summed E-state index contributed by atoms with van der Waals surface area (Å²) in [5.41, 5.74) is 2.66. The number of esters is 1. The Morgan fingerprint density at radius 2 is 2.00 bits per heavy atom. The molecule has 3 rings (SSSR count). The normalized spacial score (nSPS) is 10.7. The van der Waals surface area contributed by atoms with Gasteiger partial charge in [-0.25, -0.2) is 14.3 Å². The van der Waals surface area contributed by atoms with Crippen molar-refractivity contribution in [3.05, 3.63) is 59.4 Å². The van der Waals surface area contributed by atoms with Crippen molar-refractivity contribution in [3.63, 3.8) is 0 Å². The number of rotatable bonds is 5. The van der Waals surface area contributed by atoms with Crippen LogP contribution >= 0.6 is 0 Å². The van der Waals surface area contributed by atoms with Crippen molar-refractivity contribution in [2.24, 2.45) is 0 Å². The van der Waals surface area contributed by atoms with Crippen molar-refractivity contribution >= 4 is 11.6 Å². The topological polar surface area (TPSA) is 65.7 Å². The van der Waals surface area contributed by atoms with Crippen LogP contribution in [0.1, 0.15) is 28.7 Å². The average Bonchev–Trinajstić information content (AvgIpc) is 2.98. The maximum absolute atomic E-state index is 11.8. The molecule has 1 aromatic carbocycles. The quantitative estimate of drug-likeness (QED) is 0.678. The van der Waals surface area contributed by atoms with Gasteiger partial charge in [-0.15, -0.1) is 5.10 Å². The van der Waals surface area contributed by atoms with Crippen molar-refractivity contribution < 1.29 is 14.3 Å². The number of nitrogens with zero attached hydrogens (tertiary/aromatic N) is 3. The lowest BCUT2D eigenvalue weighted by Gasteiger charge is -2.03. The highest BCUT2D eigenvalue weighted by molar-refractivity contribution is 5.87. The van der Waals surface area contributed by atoms with E-state index in [0.29, 0.717) is 24.7 Å². The third-order valence-corrected chi connectivity index (χ3v) is 3.30. The first-order chi connectivity index (χ1) is 11.2. The number of fused-ring (bicyclic) bond motifs is 1. The number of aryl methyl sites for hydroxylation is 1. The molecule has 6 heteroatoms. The minimum absolute atomic E-state index is 0.270. The van der Waals surface area contributed by atoms with Gasteiger partial charge in [-0.05, 0) is 25.5 Å². The van der Waals surface area contributed by atoms with Gasteiger partial charge in [0.2, 0.25) is 5.88 Å². The second-order valence-electron chi connectivity index (χ2n) is 5.03. The Balaban J connectivity index is 1.83. The van der Waals surface area contributed by atoms with Crippen LogP contribution in [-0.4, -0.2) is 27.2 Å². The SMILES string of the molecule is CCOC(=O)c1cc(C)n2nc(OCc3ccccc3)cc2n1. The molecule has 3 aromatic rings. The van der Waals surface area contributed by atoms with Gasteiger partial charge >= 0.3 is 5.97 Å². The Kier molecular flexibility index (Phi) is 4.23. The Hall–Kier alpha value is -2.89. The van der Waals surface area contributed by atoms with Gasteiger partial charge in [-0.3, -0.25) is 0 Å². The molecule has 0 N–H and O–H groups in total. The van der Waals surface area contributed by atoms with E-state index >= 15 is 0 Å². The molecule has 0 unspecified atom stereocenters. The second kappa shape index (κ2) is 6.48. The molecule has 2 heterocycles. The van der Waals surface area contributed by atoms with Gasteiger partial charge in [0.15, 0.2) is 11.3 Å². The molecule has 6 nitrogen and oxygen atoms in total. The minimum atomic E-state index is -0.439. The number of benzene rings is 1. The zero-order valence-corrected chi connectivity index (χ0v) is 13.0. The van der Waals surface area contributed by atoms with E-state index in [1.165, 1.54) is 0 Å². The third kappa shape index (κ3) is 3.31. The Morgan fingerprint density at radius 3 is 2.74 bits per heavy atom. The summed E-state index contributed by atoms with van der Waals surface area (Å²) in [4.78, 5) is 16.1. The zero-order valence-electron chi connectivity index (χ0n) is 13.0. The molecule has 0 bridgehead atoms. The highest BCUT2D eigenvalue weighted by Gasteiger charge is 2.13. The highest BCUT2D eigenvalue weighted by Crippen LogP contribution is 2.16. The van der Waals surface area contributed by atoms with Crippen LogP contribution in [0.25, 0.3) is 5.65 Å². The van der Waals surface area contributed by atoms with Crippen LogP contribution < -0.4 is 4.74 Å². The lowest BCUT2D eigenvalue weighted by molar-refractivity contribution is 0.0519. The van der Waals surface area contributed by atoms with Crippen LogP contribution in [-0.2, 0) is 11.3 Å². The lowest BCUT2D eigenvalue weighted by atomic mass is 10.2. The van der Waals surface area contributed by atoms with Crippen LogP contribution in [0, 0.1) is 6.92 Å². The summed E-state index contributed by atoms with van der Waals surface area (Å²) in [7, 11) is 0. The zero-order chi connectivity index (χ0) is 16.2. The fourth-order valence-electron chi connectivity index (χ4n) is 2.22. The highest BCUT2D eigenvalue weighted by atomic mass is 16.5. The number of carbonyl (C=O) groups excluding carboxylic acids is 1. The third-order valence-electron chi connectivity index (χ3n) is 3.30. The molecule has 0 saturated carbocycles. The molecule has 0 fully saturated rings. The predicted octanol–water partition coefficient (Wildman–Crippen LogP) is 2.79. The minimum Gasteiger partial charge on any atom is -0.472 e. The smallest absolute Gasteiger partial charge is 0.357 e. The molecule has 0 amide bonds. The van der Waals surface area contributed by atoms with Gasteiger partial charge in [-0.1, -0.05) is 30.3 Å². The van der Waals surface area contributed by atoms with Crippen LogP contribution in [0.2, 0.25) is 0 Å². The summed E-state index contributed by atoms with van der Waals surface area (Å²) in [6, 6.07) is 13.2. The van der Waals surface area contributed by atoms with Gasteiger partial charge in [0.25, 0.3) is 0 Å². The number of hydrogen-bond acceptors (Lipinski definition) is 5. The molecule has 2 aromatic heterocycles. The molecule has 0 atom stereocenters. The molecule has 0 radical (unpaired) electrons. The first-order valence-corrected chi connectivity index (χ1v) is 7.38. The lowest BCUT2D eigenvalue weighted by Crippen LogP contribution is -2.09. The van der Waals surface area contributed by atoms with Crippen LogP contribution in [0.3, 0.4) is 0 Å². The number of carbonyl (C=O) groups is 1. The van der Waals surface area contributed by atoms with E-state index in [4.69, 9.17) is 9.47 Å². The van der Waals surface area contributed by atoms with Crippen molar-refractivity contribution in [2.75, 3.05) is 6.61 Å². The molecular weight excluding hydrogens is 294 g/mol. The molecule has 118 valence electrons. The summed E-state index contributed by atoms with van der Waals surface area (Å²) in [6.07, 6.45) is 0. The fraction of sp³-hybridized carbons (Fsp3) is 0.235.